The van der Waals surface area contributed by atoms with Crippen molar-refractivity contribution >= 4 is 31.7 Å². The number of ether oxygens (including phenoxy) is 1. The number of rotatable bonds is 6. The topological polar surface area (TPSA) is 63.7 Å². The third kappa shape index (κ3) is 5.11. The van der Waals surface area contributed by atoms with Gasteiger partial charge < -0.3 is 9.64 Å². The fourth-order valence-electron chi connectivity index (χ4n) is 3.25. The smallest absolute Gasteiger partial charge is 0.263 e. The van der Waals surface area contributed by atoms with E-state index in [-0.39, 0.29) is 29.7 Å². The molecule has 0 N–H and O–H groups in total. The summed E-state index contributed by atoms with van der Waals surface area (Å²) < 4.78 is 44.2. The van der Waals surface area contributed by atoms with Gasteiger partial charge in [0.05, 0.1) is 11.5 Å². The van der Waals surface area contributed by atoms with Gasteiger partial charge in [0.2, 0.25) is 0 Å². The number of amides is 1. The van der Waals surface area contributed by atoms with Gasteiger partial charge in [-0.15, -0.1) is 0 Å². The van der Waals surface area contributed by atoms with Crippen molar-refractivity contribution in [1.29, 1.82) is 0 Å². The highest BCUT2D eigenvalue weighted by Crippen LogP contribution is 2.24. The molecule has 2 unspecified atom stereocenters. The predicted octanol–water partition coefficient (Wildman–Crippen LogP) is 3.57. The molecule has 1 amide bonds. The molecule has 0 aliphatic carbocycles. The van der Waals surface area contributed by atoms with Crippen molar-refractivity contribution in [2.24, 2.45) is 0 Å². The molecule has 1 aliphatic rings. The largest absolute Gasteiger partial charge is 0.478 e. The SMILES string of the molecule is CC(Oc1ccccc1F)C(=O)N(Cc1cccc(Br)c1)C1CCS(=O)(=O)C1. The minimum atomic E-state index is -3.17. The maximum Gasteiger partial charge on any atom is 0.263 e. The van der Waals surface area contributed by atoms with E-state index >= 15 is 0 Å². The summed E-state index contributed by atoms with van der Waals surface area (Å²) in [5.41, 5.74) is 0.866. The highest BCUT2D eigenvalue weighted by atomic mass is 79.9. The average Bonchev–Trinajstić information content (AvgIpc) is 3.00. The van der Waals surface area contributed by atoms with Crippen molar-refractivity contribution in [1.82, 2.24) is 4.90 Å². The molecule has 0 radical (unpaired) electrons. The van der Waals surface area contributed by atoms with E-state index < -0.39 is 27.8 Å². The van der Waals surface area contributed by atoms with Crippen LogP contribution in [0.4, 0.5) is 4.39 Å². The molecule has 1 fully saturated rings. The third-order valence-electron chi connectivity index (χ3n) is 4.66. The van der Waals surface area contributed by atoms with Crippen molar-refractivity contribution in [2.45, 2.75) is 32.0 Å². The first-order chi connectivity index (χ1) is 13.2. The van der Waals surface area contributed by atoms with Crippen molar-refractivity contribution in [2.75, 3.05) is 11.5 Å². The van der Waals surface area contributed by atoms with E-state index in [1.807, 2.05) is 24.3 Å². The number of carbonyl (C=O) groups is 1. The number of hydrogen-bond acceptors (Lipinski definition) is 4. The zero-order valence-electron chi connectivity index (χ0n) is 15.3. The second-order valence-corrected chi connectivity index (χ2v) is 9.99. The van der Waals surface area contributed by atoms with E-state index in [4.69, 9.17) is 4.74 Å². The van der Waals surface area contributed by atoms with E-state index in [9.17, 15) is 17.6 Å². The quantitative estimate of drug-likeness (QED) is 0.648. The van der Waals surface area contributed by atoms with Crippen LogP contribution in [-0.4, -0.2) is 42.9 Å². The molecular weight excluding hydrogens is 449 g/mol. The molecule has 2 atom stereocenters. The lowest BCUT2D eigenvalue weighted by Gasteiger charge is -2.31. The van der Waals surface area contributed by atoms with Crippen LogP contribution in [0.25, 0.3) is 0 Å². The molecule has 0 saturated carbocycles. The fourth-order valence-corrected chi connectivity index (χ4v) is 5.43. The lowest BCUT2D eigenvalue weighted by molar-refractivity contribution is -0.140. The standard InChI is InChI=1S/C20H21BrFNO4S/c1-14(27-19-8-3-2-7-18(19)22)20(24)23(17-9-10-28(25,26)13-17)12-15-5-4-6-16(21)11-15/h2-8,11,14,17H,9-10,12-13H2,1H3. The van der Waals surface area contributed by atoms with Gasteiger partial charge in [0, 0.05) is 17.1 Å². The molecule has 0 spiro atoms. The van der Waals surface area contributed by atoms with Gasteiger partial charge >= 0.3 is 0 Å². The van der Waals surface area contributed by atoms with Crippen LogP contribution in [0.2, 0.25) is 0 Å². The summed E-state index contributed by atoms with van der Waals surface area (Å²) in [4.78, 5) is 14.7. The van der Waals surface area contributed by atoms with Gasteiger partial charge in [-0.25, -0.2) is 12.8 Å². The number of sulfone groups is 1. The first kappa shape index (κ1) is 20.8. The Balaban J connectivity index is 1.82. The molecule has 150 valence electrons. The fraction of sp³-hybridized carbons (Fsp3) is 0.350. The van der Waals surface area contributed by atoms with Crippen LogP contribution in [0.15, 0.2) is 53.0 Å². The van der Waals surface area contributed by atoms with E-state index in [2.05, 4.69) is 15.9 Å². The molecule has 1 aliphatic heterocycles. The first-order valence-corrected chi connectivity index (χ1v) is 11.5. The maximum atomic E-state index is 13.9. The Labute approximate surface area is 172 Å². The highest BCUT2D eigenvalue weighted by molar-refractivity contribution is 9.10. The van der Waals surface area contributed by atoms with Crippen LogP contribution >= 0.6 is 15.9 Å². The number of hydrogen-bond donors (Lipinski definition) is 0. The minimum Gasteiger partial charge on any atom is -0.478 e. The van der Waals surface area contributed by atoms with Crippen LogP contribution in [0.1, 0.15) is 18.9 Å². The number of halogens is 2. The molecule has 3 rings (SSSR count). The van der Waals surface area contributed by atoms with Crippen LogP contribution in [0.3, 0.4) is 0 Å². The van der Waals surface area contributed by atoms with Crippen LogP contribution < -0.4 is 4.74 Å². The van der Waals surface area contributed by atoms with Gasteiger partial charge in [0.15, 0.2) is 27.5 Å². The van der Waals surface area contributed by atoms with Crippen LogP contribution in [0, 0.1) is 5.82 Å². The molecule has 0 bridgehead atoms. The van der Waals surface area contributed by atoms with Crippen molar-refractivity contribution in [3.05, 3.63) is 64.4 Å². The molecule has 1 heterocycles. The van der Waals surface area contributed by atoms with Crippen molar-refractivity contribution in [3.63, 3.8) is 0 Å². The van der Waals surface area contributed by atoms with Gasteiger partial charge in [0.1, 0.15) is 0 Å². The van der Waals surface area contributed by atoms with Gasteiger partial charge in [-0.2, -0.15) is 0 Å². The second-order valence-electron chi connectivity index (χ2n) is 6.84. The molecule has 5 nitrogen and oxygen atoms in total. The number of benzene rings is 2. The van der Waals surface area contributed by atoms with E-state index in [1.54, 1.807) is 13.0 Å². The van der Waals surface area contributed by atoms with Crippen LogP contribution in [0.5, 0.6) is 5.75 Å². The molecule has 28 heavy (non-hydrogen) atoms. The van der Waals surface area contributed by atoms with E-state index in [1.165, 1.54) is 23.1 Å². The van der Waals surface area contributed by atoms with Gasteiger partial charge in [-0.3, -0.25) is 4.79 Å². The number of para-hydroxylation sites is 1. The zero-order valence-corrected chi connectivity index (χ0v) is 17.7. The summed E-state index contributed by atoms with van der Waals surface area (Å²) in [5, 5.41) is 0. The predicted molar refractivity (Wildman–Crippen MR) is 108 cm³/mol. The summed E-state index contributed by atoms with van der Waals surface area (Å²) in [5.74, 6) is -0.943. The monoisotopic (exact) mass is 469 g/mol. The molecule has 2 aromatic carbocycles. The van der Waals surface area contributed by atoms with Gasteiger partial charge in [0.25, 0.3) is 5.91 Å². The van der Waals surface area contributed by atoms with Crippen molar-refractivity contribution in [3.8, 4) is 5.75 Å². The summed E-state index contributed by atoms with van der Waals surface area (Å²) >= 11 is 3.41. The minimum absolute atomic E-state index is 0.00945. The van der Waals surface area contributed by atoms with Gasteiger partial charge in [-0.05, 0) is 43.2 Å². The Morgan fingerprint density at radius 2 is 2.04 bits per heavy atom. The lowest BCUT2D eigenvalue weighted by Crippen LogP contribution is -2.46. The molecule has 1 saturated heterocycles. The Morgan fingerprint density at radius 3 is 2.68 bits per heavy atom. The Hall–Kier alpha value is -1.93. The van der Waals surface area contributed by atoms with Crippen molar-refractivity contribution < 1.29 is 22.3 Å². The zero-order chi connectivity index (χ0) is 20.3. The molecule has 2 aromatic rings. The maximum absolute atomic E-state index is 13.9. The lowest BCUT2D eigenvalue weighted by atomic mass is 10.1. The summed E-state index contributed by atoms with van der Waals surface area (Å²) in [7, 11) is -3.17. The second kappa shape index (κ2) is 8.61. The average molecular weight is 470 g/mol. The number of nitrogens with zero attached hydrogens (tertiary/aromatic N) is 1. The molecule has 8 heteroatoms. The normalized spacial score (nSPS) is 19.2. The highest BCUT2D eigenvalue weighted by Gasteiger charge is 2.36. The van der Waals surface area contributed by atoms with E-state index in [0.29, 0.717) is 6.42 Å². The Bertz CT molecular complexity index is 966. The molecule has 0 aromatic heterocycles. The summed E-state index contributed by atoms with van der Waals surface area (Å²) in [6.07, 6.45) is -0.568. The van der Waals surface area contributed by atoms with E-state index in [0.717, 1.165) is 10.0 Å². The third-order valence-corrected chi connectivity index (χ3v) is 6.91. The van der Waals surface area contributed by atoms with Gasteiger partial charge in [-0.1, -0.05) is 40.2 Å². The number of carbonyl (C=O) groups excluding carboxylic acids is 1. The summed E-state index contributed by atoms with van der Waals surface area (Å²) in [6, 6.07) is 12.9. The Kier molecular flexibility index (Phi) is 6.40. The van der Waals surface area contributed by atoms with Crippen LogP contribution in [-0.2, 0) is 21.2 Å². The summed E-state index contributed by atoms with van der Waals surface area (Å²) in [6.45, 7) is 1.80. The first-order valence-electron chi connectivity index (χ1n) is 8.92. The molecular formula is C20H21BrFNO4S. The Morgan fingerprint density at radius 1 is 1.29 bits per heavy atom.